The second-order valence-corrected chi connectivity index (χ2v) is 11.2. The van der Waals surface area contributed by atoms with Gasteiger partial charge in [0.15, 0.2) is 16.6 Å². The number of amides is 1. The van der Waals surface area contributed by atoms with E-state index < -0.39 is 17.7 Å². The van der Waals surface area contributed by atoms with E-state index in [1.807, 2.05) is 50.2 Å². The van der Waals surface area contributed by atoms with E-state index in [1.165, 1.54) is 16.2 Å². The number of ketones is 1. The topological polar surface area (TPSA) is 98.2 Å². The van der Waals surface area contributed by atoms with Gasteiger partial charge in [0.25, 0.3) is 5.78 Å². The molecule has 0 spiro atoms. The number of Topliss-reactive ketones (excluding diaryl/α,β-unsaturated/α-hetero) is 1. The Balaban J connectivity index is 1.48. The van der Waals surface area contributed by atoms with Crippen molar-refractivity contribution in [2.24, 2.45) is 0 Å². The molecular weight excluding hydrogens is 540 g/mol. The molecule has 1 aromatic heterocycles. The smallest absolute Gasteiger partial charge is 0.301 e. The zero-order valence-electron chi connectivity index (χ0n) is 23.1. The number of unbranched alkanes of at least 4 members (excludes halogenated alkanes) is 1. The normalized spacial score (nSPS) is 17.8. The zero-order valence-corrected chi connectivity index (χ0v) is 23.9. The Kier molecular flexibility index (Phi) is 7.13. The lowest BCUT2D eigenvalue weighted by Crippen LogP contribution is -2.29. The second kappa shape index (κ2) is 10.9. The molecule has 41 heavy (non-hydrogen) atoms. The van der Waals surface area contributed by atoms with Crippen molar-refractivity contribution in [1.82, 2.24) is 4.98 Å². The number of carbonyl (C=O) groups excluding carboxylic acids is 2. The van der Waals surface area contributed by atoms with Gasteiger partial charge in [0, 0.05) is 5.56 Å². The van der Waals surface area contributed by atoms with E-state index in [0.29, 0.717) is 53.3 Å². The predicted molar refractivity (Wildman–Crippen MR) is 158 cm³/mol. The van der Waals surface area contributed by atoms with Crippen molar-refractivity contribution in [2.45, 2.75) is 39.7 Å². The van der Waals surface area contributed by atoms with Crippen LogP contribution in [-0.4, -0.2) is 41.6 Å². The Hall–Kier alpha value is -4.37. The molecule has 0 aliphatic carbocycles. The van der Waals surface area contributed by atoms with Gasteiger partial charge in [-0.3, -0.25) is 14.5 Å². The molecule has 0 unspecified atom stereocenters. The molecule has 6 rings (SSSR count). The molecule has 1 N–H and O–H groups in total. The molecule has 3 aromatic carbocycles. The Morgan fingerprint density at radius 2 is 1.80 bits per heavy atom. The van der Waals surface area contributed by atoms with Crippen LogP contribution in [0.5, 0.6) is 17.2 Å². The lowest BCUT2D eigenvalue weighted by molar-refractivity contribution is -0.132. The number of carbonyl (C=O) groups is 2. The highest BCUT2D eigenvalue weighted by Crippen LogP contribution is 2.45. The third-order valence-corrected chi connectivity index (χ3v) is 8.25. The van der Waals surface area contributed by atoms with Crippen LogP contribution in [-0.2, 0) is 9.59 Å². The molecule has 1 amide bonds. The molecule has 1 saturated heterocycles. The number of hydrogen-bond acceptors (Lipinski definition) is 8. The van der Waals surface area contributed by atoms with Crippen LogP contribution in [0.25, 0.3) is 16.0 Å². The van der Waals surface area contributed by atoms with Crippen molar-refractivity contribution in [3.05, 3.63) is 82.4 Å². The van der Waals surface area contributed by atoms with Crippen LogP contribution in [0.15, 0.2) is 60.2 Å². The first kappa shape index (κ1) is 26.8. The standard InChI is InChI=1S/C32H30N2O6S/c1-4-5-12-38-22-9-6-20(7-10-22)28-26(29(35)21-8-11-23-24(17-21)40-14-13-39-23)30(36)31(37)34(28)32-33-27-19(3)15-18(2)16-25(27)41-32/h6-11,15-17,28,35H,4-5,12-14H2,1-3H3/b29-26+/t28-/m1/s1. The molecule has 1 fully saturated rings. The Morgan fingerprint density at radius 1 is 1.05 bits per heavy atom. The van der Waals surface area contributed by atoms with Gasteiger partial charge in [0.1, 0.15) is 24.7 Å². The molecule has 3 heterocycles. The summed E-state index contributed by atoms with van der Waals surface area (Å²) in [5.41, 5.74) is 3.84. The quantitative estimate of drug-likeness (QED) is 0.117. The van der Waals surface area contributed by atoms with Gasteiger partial charge in [-0.1, -0.05) is 42.9 Å². The van der Waals surface area contributed by atoms with E-state index in [0.717, 1.165) is 34.2 Å². The number of ether oxygens (including phenoxy) is 3. The van der Waals surface area contributed by atoms with E-state index in [-0.39, 0.29) is 11.3 Å². The highest BCUT2D eigenvalue weighted by Gasteiger charge is 2.48. The van der Waals surface area contributed by atoms with E-state index in [2.05, 4.69) is 6.92 Å². The van der Waals surface area contributed by atoms with Crippen molar-refractivity contribution >= 4 is 44.1 Å². The van der Waals surface area contributed by atoms with Crippen molar-refractivity contribution in [2.75, 3.05) is 24.7 Å². The zero-order chi connectivity index (χ0) is 28.7. The van der Waals surface area contributed by atoms with Crippen LogP contribution in [0.4, 0.5) is 5.13 Å². The monoisotopic (exact) mass is 570 g/mol. The lowest BCUT2D eigenvalue weighted by atomic mass is 9.95. The summed E-state index contributed by atoms with van der Waals surface area (Å²) in [6, 6.07) is 15.4. The summed E-state index contributed by atoms with van der Waals surface area (Å²) >= 11 is 1.35. The van der Waals surface area contributed by atoms with Gasteiger partial charge in [0.05, 0.1) is 28.4 Å². The predicted octanol–water partition coefficient (Wildman–Crippen LogP) is 6.49. The number of nitrogens with zero attached hydrogens (tertiary/aromatic N) is 2. The molecule has 2 aliphatic rings. The van der Waals surface area contributed by atoms with E-state index >= 15 is 0 Å². The van der Waals surface area contributed by atoms with E-state index in [9.17, 15) is 14.7 Å². The first-order valence-electron chi connectivity index (χ1n) is 13.7. The van der Waals surface area contributed by atoms with Crippen molar-refractivity contribution in [3.63, 3.8) is 0 Å². The molecule has 8 nitrogen and oxygen atoms in total. The summed E-state index contributed by atoms with van der Waals surface area (Å²) in [4.78, 5) is 33.5. The van der Waals surface area contributed by atoms with Gasteiger partial charge < -0.3 is 19.3 Å². The minimum Gasteiger partial charge on any atom is -0.507 e. The summed E-state index contributed by atoms with van der Waals surface area (Å²) < 4.78 is 18.1. The molecule has 9 heteroatoms. The van der Waals surface area contributed by atoms with Crippen LogP contribution in [0.1, 0.15) is 48.1 Å². The van der Waals surface area contributed by atoms with Crippen molar-refractivity contribution < 1.29 is 28.9 Å². The molecule has 0 bridgehead atoms. The minimum atomic E-state index is -0.894. The number of hydrogen-bond donors (Lipinski definition) is 1. The number of thiazole rings is 1. The Bertz CT molecular complexity index is 1690. The van der Waals surface area contributed by atoms with Gasteiger partial charge in [-0.15, -0.1) is 0 Å². The summed E-state index contributed by atoms with van der Waals surface area (Å²) in [6.45, 7) is 7.50. The first-order valence-corrected chi connectivity index (χ1v) is 14.5. The third-order valence-electron chi connectivity index (χ3n) is 7.25. The number of anilines is 1. The third kappa shape index (κ3) is 4.91. The maximum absolute atomic E-state index is 13.7. The van der Waals surface area contributed by atoms with Gasteiger partial charge in [-0.05, 0) is 73.4 Å². The summed E-state index contributed by atoms with van der Waals surface area (Å²) in [6.07, 6.45) is 1.96. The Morgan fingerprint density at radius 3 is 2.56 bits per heavy atom. The number of aryl methyl sites for hydroxylation is 2. The highest BCUT2D eigenvalue weighted by molar-refractivity contribution is 7.22. The molecule has 0 saturated carbocycles. The second-order valence-electron chi connectivity index (χ2n) is 10.2. The number of rotatable bonds is 7. The maximum atomic E-state index is 13.7. The van der Waals surface area contributed by atoms with Crippen molar-refractivity contribution in [1.29, 1.82) is 0 Å². The number of aliphatic hydroxyl groups is 1. The molecule has 210 valence electrons. The fraction of sp³-hybridized carbons (Fsp3) is 0.281. The van der Waals surface area contributed by atoms with Crippen LogP contribution in [0.2, 0.25) is 0 Å². The summed E-state index contributed by atoms with van der Waals surface area (Å²) in [5, 5.41) is 12.0. The fourth-order valence-corrected chi connectivity index (χ4v) is 6.40. The molecule has 0 radical (unpaired) electrons. The van der Waals surface area contributed by atoms with Gasteiger partial charge in [0.2, 0.25) is 0 Å². The first-order chi connectivity index (χ1) is 19.9. The number of benzene rings is 3. The molecule has 4 aromatic rings. The largest absolute Gasteiger partial charge is 0.507 e. The average molecular weight is 571 g/mol. The lowest BCUT2D eigenvalue weighted by Gasteiger charge is -2.23. The SMILES string of the molecule is CCCCOc1ccc([C@@H]2/C(=C(\O)c3ccc4c(c3)OCCO4)C(=O)C(=O)N2c2nc3c(C)cc(C)cc3s2)cc1. The van der Waals surface area contributed by atoms with Gasteiger partial charge >= 0.3 is 5.91 Å². The number of aliphatic hydroxyl groups excluding tert-OH is 1. The molecular formula is C32H30N2O6S. The Labute approximate surface area is 241 Å². The van der Waals surface area contributed by atoms with E-state index in [4.69, 9.17) is 19.2 Å². The van der Waals surface area contributed by atoms with Crippen LogP contribution < -0.4 is 19.1 Å². The average Bonchev–Trinajstić information content (AvgIpc) is 3.51. The van der Waals surface area contributed by atoms with Crippen LogP contribution in [0.3, 0.4) is 0 Å². The van der Waals surface area contributed by atoms with Gasteiger partial charge in [-0.2, -0.15) is 0 Å². The number of fused-ring (bicyclic) bond motifs is 2. The number of aromatic nitrogens is 1. The summed E-state index contributed by atoms with van der Waals surface area (Å²) in [7, 11) is 0. The minimum absolute atomic E-state index is 0.0153. The van der Waals surface area contributed by atoms with Gasteiger partial charge in [-0.25, -0.2) is 4.98 Å². The van der Waals surface area contributed by atoms with E-state index in [1.54, 1.807) is 18.2 Å². The highest BCUT2D eigenvalue weighted by atomic mass is 32.1. The summed E-state index contributed by atoms with van der Waals surface area (Å²) in [5.74, 6) is -0.0924. The molecule has 1 atom stereocenters. The van der Waals surface area contributed by atoms with Crippen LogP contribution in [0, 0.1) is 13.8 Å². The molecule has 2 aliphatic heterocycles. The maximum Gasteiger partial charge on any atom is 0.301 e. The fourth-order valence-electron chi connectivity index (χ4n) is 5.23. The van der Waals surface area contributed by atoms with Crippen LogP contribution >= 0.6 is 11.3 Å². The van der Waals surface area contributed by atoms with Crippen molar-refractivity contribution in [3.8, 4) is 17.2 Å².